The van der Waals surface area contributed by atoms with Crippen molar-refractivity contribution in [1.82, 2.24) is 5.32 Å². The number of aryl methyl sites for hydroxylation is 2. The van der Waals surface area contributed by atoms with Crippen LogP contribution in [0, 0.1) is 13.8 Å². The highest BCUT2D eigenvalue weighted by atomic mass is 32.2. The van der Waals surface area contributed by atoms with E-state index >= 15 is 0 Å². The summed E-state index contributed by atoms with van der Waals surface area (Å²) in [6, 6.07) is 15.4. The lowest BCUT2D eigenvalue weighted by atomic mass is 10.1. The molecule has 0 heterocycles. The van der Waals surface area contributed by atoms with Gasteiger partial charge in [0.1, 0.15) is 0 Å². The minimum absolute atomic E-state index is 0.0808. The van der Waals surface area contributed by atoms with Gasteiger partial charge in [-0.25, -0.2) is 8.42 Å². The summed E-state index contributed by atoms with van der Waals surface area (Å²) in [4.78, 5) is 12.0. The van der Waals surface area contributed by atoms with E-state index in [0.29, 0.717) is 18.7 Å². The predicted molar refractivity (Wildman–Crippen MR) is 106 cm³/mol. The van der Waals surface area contributed by atoms with Gasteiger partial charge in [0.15, 0.2) is 0 Å². The summed E-state index contributed by atoms with van der Waals surface area (Å²) in [6.07, 6.45) is 1.93. The second-order valence-corrected chi connectivity index (χ2v) is 8.45. The smallest absolute Gasteiger partial charge is 0.232 e. The van der Waals surface area contributed by atoms with E-state index in [1.165, 1.54) is 10.6 Å². The first-order valence-electron chi connectivity index (χ1n) is 8.62. The Labute approximate surface area is 156 Å². The van der Waals surface area contributed by atoms with Crippen molar-refractivity contribution >= 4 is 21.6 Å². The molecule has 0 saturated heterocycles. The van der Waals surface area contributed by atoms with E-state index in [4.69, 9.17) is 0 Å². The van der Waals surface area contributed by atoms with Crippen LogP contribution in [0.15, 0.2) is 48.5 Å². The third kappa shape index (κ3) is 6.19. The normalized spacial score (nSPS) is 11.2. The number of hydrogen-bond acceptors (Lipinski definition) is 3. The quantitative estimate of drug-likeness (QED) is 0.772. The van der Waals surface area contributed by atoms with E-state index in [0.717, 1.165) is 16.7 Å². The molecule has 0 unspecified atom stereocenters. The molecule has 0 radical (unpaired) electrons. The Kier molecular flexibility index (Phi) is 6.80. The fraction of sp³-hybridized carbons (Fsp3) is 0.350. The number of anilines is 1. The Balaban J connectivity index is 1.92. The van der Waals surface area contributed by atoms with Crippen LogP contribution < -0.4 is 9.62 Å². The van der Waals surface area contributed by atoms with Gasteiger partial charge in [-0.3, -0.25) is 9.10 Å². The van der Waals surface area contributed by atoms with Gasteiger partial charge in [-0.2, -0.15) is 0 Å². The van der Waals surface area contributed by atoms with Gasteiger partial charge in [0.05, 0.1) is 11.9 Å². The summed E-state index contributed by atoms with van der Waals surface area (Å²) in [7, 11) is -3.40. The van der Waals surface area contributed by atoms with Gasteiger partial charge in [-0.15, -0.1) is 0 Å². The van der Waals surface area contributed by atoms with Crippen LogP contribution in [-0.4, -0.2) is 27.1 Å². The number of nitrogens with one attached hydrogen (secondary N) is 1. The van der Waals surface area contributed by atoms with Crippen LogP contribution in [0.1, 0.15) is 29.5 Å². The Bertz CT molecular complexity index is 828. The second-order valence-electron chi connectivity index (χ2n) is 6.55. The number of rotatable bonds is 8. The van der Waals surface area contributed by atoms with Crippen molar-refractivity contribution < 1.29 is 13.2 Å². The fourth-order valence-electron chi connectivity index (χ4n) is 2.85. The molecule has 26 heavy (non-hydrogen) atoms. The monoisotopic (exact) mass is 374 g/mol. The maximum Gasteiger partial charge on any atom is 0.232 e. The molecule has 0 bridgehead atoms. The molecule has 0 aliphatic carbocycles. The fourth-order valence-corrected chi connectivity index (χ4v) is 3.80. The van der Waals surface area contributed by atoms with Crippen molar-refractivity contribution in [1.29, 1.82) is 0 Å². The topological polar surface area (TPSA) is 66.5 Å². The van der Waals surface area contributed by atoms with Crippen LogP contribution in [-0.2, 0) is 21.4 Å². The highest BCUT2D eigenvalue weighted by Crippen LogP contribution is 2.21. The molecule has 0 aliphatic rings. The predicted octanol–water partition coefficient (Wildman–Crippen LogP) is 3.17. The van der Waals surface area contributed by atoms with Gasteiger partial charge >= 0.3 is 0 Å². The molecule has 0 atom stereocenters. The van der Waals surface area contributed by atoms with Crippen LogP contribution in [0.3, 0.4) is 0 Å². The lowest BCUT2D eigenvalue weighted by molar-refractivity contribution is -0.121. The lowest BCUT2D eigenvalue weighted by Gasteiger charge is -2.23. The number of hydrogen-bond donors (Lipinski definition) is 1. The number of nitrogens with zero attached hydrogens (tertiary/aromatic N) is 1. The number of benzene rings is 2. The molecule has 2 aromatic carbocycles. The van der Waals surface area contributed by atoms with Crippen LogP contribution >= 0.6 is 0 Å². The number of carbonyl (C=O) groups is 1. The molecule has 0 aliphatic heterocycles. The van der Waals surface area contributed by atoms with Gasteiger partial charge in [-0.05, 0) is 49.1 Å². The zero-order chi connectivity index (χ0) is 19.2. The molecule has 0 spiro atoms. The van der Waals surface area contributed by atoms with Gasteiger partial charge in [0.25, 0.3) is 0 Å². The average Bonchev–Trinajstić information content (AvgIpc) is 2.55. The molecule has 5 nitrogen and oxygen atoms in total. The SMILES string of the molecule is Cc1cc(C)cc(N(CCCC(=O)NCc2ccccc2)S(C)(=O)=O)c1. The van der Waals surface area contributed by atoms with Gasteiger partial charge in [0, 0.05) is 19.5 Å². The third-order valence-corrected chi connectivity index (χ3v) is 5.19. The molecule has 2 aromatic rings. The van der Waals surface area contributed by atoms with Crippen LogP contribution in [0.5, 0.6) is 0 Å². The molecular formula is C20H26N2O3S. The highest BCUT2D eigenvalue weighted by molar-refractivity contribution is 7.92. The summed E-state index contributed by atoms with van der Waals surface area (Å²) >= 11 is 0. The average molecular weight is 375 g/mol. The van der Waals surface area contributed by atoms with Crippen molar-refractivity contribution in [3.05, 3.63) is 65.2 Å². The minimum Gasteiger partial charge on any atom is -0.352 e. The van der Waals surface area contributed by atoms with E-state index in [1.807, 2.05) is 62.4 Å². The van der Waals surface area contributed by atoms with Crippen molar-refractivity contribution in [2.75, 3.05) is 17.1 Å². The number of sulfonamides is 1. The largest absolute Gasteiger partial charge is 0.352 e. The first-order valence-corrected chi connectivity index (χ1v) is 10.5. The van der Waals surface area contributed by atoms with E-state index in [1.54, 1.807) is 0 Å². The third-order valence-electron chi connectivity index (χ3n) is 3.99. The zero-order valence-corrected chi connectivity index (χ0v) is 16.3. The summed E-state index contributed by atoms with van der Waals surface area (Å²) in [5.74, 6) is -0.0808. The molecule has 1 N–H and O–H groups in total. The van der Waals surface area contributed by atoms with Crippen molar-refractivity contribution in [3.63, 3.8) is 0 Å². The summed E-state index contributed by atoms with van der Waals surface area (Å²) in [5, 5.41) is 2.86. The molecule has 2 rings (SSSR count). The number of amides is 1. The van der Waals surface area contributed by atoms with Crippen LogP contribution in [0.2, 0.25) is 0 Å². The van der Waals surface area contributed by atoms with Crippen molar-refractivity contribution in [3.8, 4) is 0 Å². The van der Waals surface area contributed by atoms with Gasteiger partial charge < -0.3 is 5.32 Å². The molecule has 140 valence electrons. The first-order chi connectivity index (χ1) is 12.3. The Morgan fingerprint density at radius 1 is 1.04 bits per heavy atom. The summed E-state index contributed by atoms with van der Waals surface area (Å²) < 4.78 is 25.7. The Morgan fingerprint density at radius 3 is 2.23 bits per heavy atom. The second kappa shape index (κ2) is 8.85. The standard InChI is InChI=1S/C20H26N2O3S/c1-16-12-17(2)14-19(13-16)22(26(3,24)25)11-7-10-20(23)21-15-18-8-5-4-6-9-18/h4-6,8-9,12-14H,7,10-11,15H2,1-3H3,(H,21,23). The lowest BCUT2D eigenvalue weighted by Crippen LogP contribution is -2.32. The molecule has 6 heteroatoms. The minimum atomic E-state index is -3.40. The molecule has 0 saturated carbocycles. The molecule has 0 fully saturated rings. The van der Waals surface area contributed by atoms with Gasteiger partial charge in [-0.1, -0.05) is 36.4 Å². The van der Waals surface area contributed by atoms with Crippen LogP contribution in [0.4, 0.5) is 5.69 Å². The van der Waals surface area contributed by atoms with E-state index in [9.17, 15) is 13.2 Å². The zero-order valence-electron chi connectivity index (χ0n) is 15.5. The summed E-state index contributed by atoms with van der Waals surface area (Å²) in [5.41, 5.74) is 3.70. The van der Waals surface area contributed by atoms with E-state index in [2.05, 4.69) is 5.32 Å². The Hall–Kier alpha value is -2.34. The van der Waals surface area contributed by atoms with E-state index < -0.39 is 10.0 Å². The molecule has 0 aromatic heterocycles. The van der Waals surface area contributed by atoms with Crippen molar-refractivity contribution in [2.24, 2.45) is 0 Å². The van der Waals surface area contributed by atoms with Crippen LogP contribution in [0.25, 0.3) is 0 Å². The molecular weight excluding hydrogens is 348 g/mol. The summed E-state index contributed by atoms with van der Waals surface area (Å²) in [6.45, 7) is 4.63. The maximum atomic E-state index is 12.2. The Morgan fingerprint density at radius 2 is 1.65 bits per heavy atom. The van der Waals surface area contributed by atoms with E-state index in [-0.39, 0.29) is 18.9 Å². The van der Waals surface area contributed by atoms with Gasteiger partial charge in [0.2, 0.25) is 15.9 Å². The van der Waals surface area contributed by atoms with Crippen molar-refractivity contribution in [2.45, 2.75) is 33.2 Å². The number of carbonyl (C=O) groups excluding carboxylic acids is 1. The maximum absolute atomic E-state index is 12.2. The molecule has 1 amide bonds. The highest BCUT2D eigenvalue weighted by Gasteiger charge is 2.18. The first kappa shape index (κ1) is 20.0.